The third-order valence-corrected chi connectivity index (χ3v) is 2.20. The molecule has 16 heavy (non-hydrogen) atoms. The predicted octanol–water partition coefficient (Wildman–Crippen LogP) is 0.847. The van der Waals surface area contributed by atoms with Crippen LogP contribution in [-0.4, -0.2) is 33.3 Å². The molecule has 1 rings (SSSR count). The van der Waals surface area contributed by atoms with Crippen molar-refractivity contribution in [2.24, 2.45) is 0 Å². The van der Waals surface area contributed by atoms with E-state index < -0.39 is 0 Å². The van der Waals surface area contributed by atoms with Crippen LogP contribution in [0.2, 0.25) is 0 Å². The summed E-state index contributed by atoms with van der Waals surface area (Å²) in [4.78, 5) is 0. The molecule has 0 atom stereocenters. The van der Waals surface area contributed by atoms with Gasteiger partial charge in [-0.3, -0.25) is 0 Å². The van der Waals surface area contributed by atoms with Crippen molar-refractivity contribution in [2.75, 3.05) is 39.0 Å². The molecule has 0 bridgehead atoms. The Morgan fingerprint density at radius 1 is 1.12 bits per heavy atom. The largest absolute Gasteiger partial charge is 0.494 e. The van der Waals surface area contributed by atoms with Crippen LogP contribution in [0.1, 0.15) is 6.42 Å². The first-order valence-corrected chi connectivity index (χ1v) is 5.66. The van der Waals surface area contributed by atoms with Gasteiger partial charge >= 0.3 is 0 Å². The Morgan fingerprint density at radius 3 is 2.56 bits per heavy atom. The monoisotopic (exact) mass is 223 g/mol. The number of nitrogens with one attached hydrogen (secondary N) is 2. The van der Waals surface area contributed by atoms with Gasteiger partial charge in [0.05, 0.1) is 6.61 Å². The number of rotatable bonds is 8. The van der Waals surface area contributed by atoms with E-state index >= 15 is 0 Å². The van der Waals surface area contributed by atoms with Gasteiger partial charge in [0.15, 0.2) is 0 Å². The maximum absolute atomic E-state index is 5.58. The molecule has 0 saturated carbocycles. The van der Waals surface area contributed by atoms with Gasteiger partial charge in [-0.25, -0.2) is 0 Å². The van der Waals surface area contributed by atoms with Gasteiger partial charge in [0.25, 0.3) is 0 Å². The van der Waals surface area contributed by atoms with Gasteiger partial charge in [-0.15, -0.1) is 0 Å². The highest BCUT2D eigenvalue weighted by molar-refractivity contribution is 5.41. The topological polar surface area (TPSA) is 59.3 Å². The molecular formula is C12H21N3O. The second-order valence-electron chi connectivity index (χ2n) is 3.62. The van der Waals surface area contributed by atoms with E-state index in [9.17, 15) is 0 Å². The normalized spacial score (nSPS) is 10.3. The molecule has 0 spiro atoms. The summed E-state index contributed by atoms with van der Waals surface area (Å²) in [6.07, 6.45) is 1.01. The molecule has 0 aliphatic carbocycles. The Morgan fingerprint density at radius 2 is 1.88 bits per heavy atom. The molecule has 0 aliphatic rings. The zero-order valence-electron chi connectivity index (χ0n) is 9.83. The minimum atomic E-state index is 0.733. The van der Waals surface area contributed by atoms with Crippen molar-refractivity contribution in [3.8, 4) is 5.75 Å². The number of hydrogen-bond acceptors (Lipinski definition) is 4. The highest BCUT2D eigenvalue weighted by Gasteiger charge is 1.93. The fourth-order valence-electron chi connectivity index (χ4n) is 1.29. The average molecular weight is 223 g/mol. The van der Waals surface area contributed by atoms with Crippen molar-refractivity contribution < 1.29 is 4.74 Å². The van der Waals surface area contributed by atoms with Crippen LogP contribution in [0, 0.1) is 0 Å². The van der Waals surface area contributed by atoms with Crippen LogP contribution in [0.5, 0.6) is 5.75 Å². The number of nitrogen functional groups attached to an aromatic ring is 1. The van der Waals surface area contributed by atoms with Crippen LogP contribution >= 0.6 is 0 Å². The first-order chi connectivity index (χ1) is 7.83. The van der Waals surface area contributed by atoms with Crippen molar-refractivity contribution in [2.45, 2.75) is 6.42 Å². The van der Waals surface area contributed by atoms with E-state index in [-0.39, 0.29) is 0 Å². The molecule has 1 aromatic rings. The smallest absolute Gasteiger partial charge is 0.119 e. The van der Waals surface area contributed by atoms with Crippen molar-refractivity contribution >= 4 is 5.69 Å². The van der Waals surface area contributed by atoms with E-state index in [1.54, 1.807) is 0 Å². The lowest BCUT2D eigenvalue weighted by atomic mass is 10.3. The molecule has 0 aromatic heterocycles. The molecule has 4 N–H and O–H groups in total. The van der Waals surface area contributed by atoms with Crippen LogP contribution in [0.3, 0.4) is 0 Å². The number of benzene rings is 1. The SMILES string of the molecule is CNCCNCCCOc1ccc(N)cc1. The summed E-state index contributed by atoms with van der Waals surface area (Å²) in [6, 6.07) is 7.48. The molecule has 90 valence electrons. The highest BCUT2D eigenvalue weighted by Crippen LogP contribution is 2.12. The Balaban J connectivity index is 2.01. The summed E-state index contributed by atoms with van der Waals surface area (Å²) in [7, 11) is 1.95. The average Bonchev–Trinajstić information content (AvgIpc) is 2.30. The summed E-state index contributed by atoms with van der Waals surface area (Å²) in [5, 5.41) is 6.40. The van der Waals surface area contributed by atoms with Crippen LogP contribution < -0.4 is 21.1 Å². The minimum absolute atomic E-state index is 0.733. The fourth-order valence-corrected chi connectivity index (χ4v) is 1.29. The standard InChI is InChI=1S/C12H21N3O/c1-14-8-9-15-7-2-10-16-12-5-3-11(13)4-6-12/h3-6,14-15H,2,7-10,13H2,1H3. The molecule has 0 unspecified atom stereocenters. The first kappa shape index (κ1) is 12.8. The molecule has 0 radical (unpaired) electrons. The van der Waals surface area contributed by atoms with E-state index in [0.29, 0.717) is 0 Å². The predicted molar refractivity (Wildman–Crippen MR) is 67.8 cm³/mol. The van der Waals surface area contributed by atoms with Gasteiger partial charge in [0, 0.05) is 18.8 Å². The molecule has 0 amide bonds. The zero-order valence-corrected chi connectivity index (χ0v) is 9.83. The summed E-state index contributed by atoms with van der Waals surface area (Å²) >= 11 is 0. The Hall–Kier alpha value is -1.26. The summed E-state index contributed by atoms with van der Waals surface area (Å²) in [5.41, 5.74) is 6.34. The van der Waals surface area contributed by atoms with Crippen molar-refractivity contribution in [3.05, 3.63) is 24.3 Å². The van der Waals surface area contributed by atoms with Gasteiger partial charge in [0.2, 0.25) is 0 Å². The molecule has 4 heteroatoms. The molecule has 4 nitrogen and oxygen atoms in total. The maximum atomic E-state index is 5.58. The van der Waals surface area contributed by atoms with Crippen LogP contribution in [-0.2, 0) is 0 Å². The van der Waals surface area contributed by atoms with Crippen molar-refractivity contribution in [1.82, 2.24) is 10.6 Å². The third kappa shape index (κ3) is 5.58. The van der Waals surface area contributed by atoms with Gasteiger partial charge in [-0.2, -0.15) is 0 Å². The fraction of sp³-hybridized carbons (Fsp3) is 0.500. The lowest BCUT2D eigenvalue weighted by Crippen LogP contribution is -2.26. The lowest BCUT2D eigenvalue weighted by molar-refractivity contribution is 0.308. The van der Waals surface area contributed by atoms with E-state index in [2.05, 4.69) is 10.6 Å². The first-order valence-electron chi connectivity index (χ1n) is 5.66. The maximum Gasteiger partial charge on any atom is 0.119 e. The highest BCUT2D eigenvalue weighted by atomic mass is 16.5. The number of hydrogen-bond donors (Lipinski definition) is 3. The molecule has 0 fully saturated rings. The number of likely N-dealkylation sites (N-methyl/N-ethyl adjacent to an activating group) is 1. The zero-order chi connectivity index (χ0) is 11.6. The van der Waals surface area contributed by atoms with Crippen LogP contribution in [0.4, 0.5) is 5.69 Å². The molecule has 1 aromatic carbocycles. The molecule has 0 heterocycles. The summed E-state index contributed by atoms with van der Waals surface area (Å²) < 4.78 is 5.56. The second kappa shape index (κ2) is 7.96. The Kier molecular flexibility index (Phi) is 6.37. The second-order valence-corrected chi connectivity index (χ2v) is 3.62. The molecule has 0 aliphatic heterocycles. The summed E-state index contributed by atoms with van der Waals surface area (Å²) in [5.74, 6) is 0.879. The molecule has 0 saturated heterocycles. The van der Waals surface area contributed by atoms with E-state index in [1.807, 2.05) is 31.3 Å². The van der Waals surface area contributed by atoms with Crippen molar-refractivity contribution in [1.29, 1.82) is 0 Å². The van der Waals surface area contributed by atoms with Crippen LogP contribution in [0.25, 0.3) is 0 Å². The van der Waals surface area contributed by atoms with Crippen LogP contribution in [0.15, 0.2) is 24.3 Å². The van der Waals surface area contributed by atoms with Gasteiger partial charge in [-0.1, -0.05) is 0 Å². The summed E-state index contributed by atoms with van der Waals surface area (Å²) in [6.45, 7) is 3.71. The number of anilines is 1. The Bertz CT molecular complexity index is 274. The quantitative estimate of drug-likeness (QED) is 0.451. The third-order valence-electron chi connectivity index (χ3n) is 2.20. The number of ether oxygens (including phenoxy) is 1. The Labute approximate surface area is 97.2 Å². The van der Waals surface area contributed by atoms with Gasteiger partial charge < -0.3 is 21.1 Å². The van der Waals surface area contributed by atoms with E-state index in [1.165, 1.54) is 0 Å². The lowest BCUT2D eigenvalue weighted by Gasteiger charge is -2.07. The van der Waals surface area contributed by atoms with Crippen molar-refractivity contribution in [3.63, 3.8) is 0 Å². The van der Waals surface area contributed by atoms with E-state index in [0.717, 1.165) is 44.1 Å². The van der Waals surface area contributed by atoms with Gasteiger partial charge in [0.1, 0.15) is 5.75 Å². The van der Waals surface area contributed by atoms with E-state index in [4.69, 9.17) is 10.5 Å². The van der Waals surface area contributed by atoms with Gasteiger partial charge in [-0.05, 0) is 44.3 Å². The molecular weight excluding hydrogens is 202 g/mol. The number of nitrogens with two attached hydrogens (primary N) is 1. The minimum Gasteiger partial charge on any atom is -0.494 e.